The van der Waals surface area contributed by atoms with Crippen LogP contribution in [0.5, 0.6) is 0 Å². The number of carbonyl (C=O) groups is 3. The molecule has 0 aliphatic heterocycles. The predicted molar refractivity (Wildman–Crippen MR) is 85.6 cm³/mol. The van der Waals surface area contributed by atoms with Crippen LogP contribution in [0.4, 0.5) is 4.79 Å². The summed E-state index contributed by atoms with van der Waals surface area (Å²) in [6, 6.07) is -0.832. The van der Waals surface area contributed by atoms with Gasteiger partial charge in [0, 0.05) is 17.4 Å². The molecule has 0 unspecified atom stereocenters. The Kier molecular flexibility index (Phi) is 8.57. The van der Waals surface area contributed by atoms with Gasteiger partial charge >= 0.3 is 6.09 Å². The summed E-state index contributed by atoms with van der Waals surface area (Å²) in [7, 11) is 2.72. The number of alkyl carbamates (subject to hydrolysis) is 1. The van der Waals surface area contributed by atoms with E-state index in [0.29, 0.717) is 5.75 Å². The molecule has 0 radical (unpaired) electrons. The van der Waals surface area contributed by atoms with E-state index in [9.17, 15) is 14.4 Å². The Morgan fingerprint density at radius 2 is 1.62 bits per heavy atom. The average Bonchev–Trinajstić information content (AvgIpc) is 2.29. The molecule has 0 fully saturated rings. The zero-order valence-electron chi connectivity index (χ0n) is 12.7. The van der Waals surface area contributed by atoms with Crippen molar-refractivity contribution < 1.29 is 19.1 Å². The molecule has 5 N–H and O–H groups in total. The van der Waals surface area contributed by atoms with Gasteiger partial charge in [0.05, 0.1) is 0 Å². The Morgan fingerprint density at radius 3 is 2.05 bits per heavy atom. The van der Waals surface area contributed by atoms with Gasteiger partial charge in [-0.05, 0) is 20.8 Å². The standard InChI is InChI=1S/C12H23N3O4S2/c1-7(9(13)16)5-20-21-6-8(10(14)17)15-11(18)19-12(2,3)4/h7-8H,5-6H2,1-4H3,(H2,13,16)(H2,14,17)(H,15,18)/t7-,8-/m0/s1. The van der Waals surface area contributed by atoms with E-state index in [4.69, 9.17) is 16.2 Å². The van der Waals surface area contributed by atoms with Crippen molar-refractivity contribution in [3.05, 3.63) is 0 Å². The van der Waals surface area contributed by atoms with Crippen LogP contribution in [-0.2, 0) is 14.3 Å². The molecule has 9 heteroatoms. The lowest BCUT2D eigenvalue weighted by atomic mass is 10.2. The smallest absolute Gasteiger partial charge is 0.408 e. The van der Waals surface area contributed by atoms with Gasteiger partial charge in [0.2, 0.25) is 11.8 Å². The van der Waals surface area contributed by atoms with Crippen molar-refractivity contribution in [1.29, 1.82) is 0 Å². The molecule has 7 nitrogen and oxygen atoms in total. The highest BCUT2D eigenvalue weighted by molar-refractivity contribution is 8.76. The first-order valence-electron chi connectivity index (χ1n) is 6.35. The fourth-order valence-corrected chi connectivity index (χ4v) is 3.54. The minimum atomic E-state index is -0.832. The first-order valence-corrected chi connectivity index (χ1v) is 8.84. The van der Waals surface area contributed by atoms with Crippen LogP contribution in [0.15, 0.2) is 0 Å². The van der Waals surface area contributed by atoms with Crippen molar-refractivity contribution in [2.24, 2.45) is 17.4 Å². The summed E-state index contributed by atoms with van der Waals surface area (Å²) in [5.41, 5.74) is 9.73. The summed E-state index contributed by atoms with van der Waals surface area (Å²) in [4.78, 5) is 33.7. The van der Waals surface area contributed by atoms with Crippen molar-refractivity contribution >= 4 is 39.5 Å². The molecule has 2 atom stereocenters. The first-order chi connectivity index (χ1) is 9.53. The van der Waals surface area contributed by atoms with E-state index in [0.717, 1.165) is 0 Å². The summed E-state index contributed by atoms with van der Waals surface area (Å²) in [5.74, 6) is -0.463. The lowest BCUT2D eigenvalue weighted by Gasteiger charge is -2.22. The summed E-state index contributed by atoms with van der Waals surface area (Å²) >= 11 is 0. The molecule has 0 saturated heterocycles. The molecule has 0 bridgehead atoms. The lowest BCUT2D eigenvalue weighted by Crippen LogP contribution is -2.47. The maximum Gasteiger partial charge on any atom is 0.408 e. The van der Waals surface area contributed by atoms with Gasteiger partial charge in [-0.3, -0.25) is 9.59 Å². The van der Waals surface area contributed by atoms with Gasteiger partial charge in [-0.25, -0.2) is 4.79 Å². The largest absolute Gasteiger partial charge is 0.444 e. The normalized spacial score (nSPS) is 14.1. The zero-order valence-corrected chi connectivity index (χ0v) is 14.3. The van der Waals surface area contributed by atoms with Crippen LogP contribution in [0.1, 0.15) is 27.7 Å². The minimum Gasteiger partial charge on any atom is -0.444 e. The van der Waals surface area contributed by atoms with Crippen LogP contribution in [0.3, 0.4) is 0 Å². The van der Waals surface area contributed by atoms with Crippen molar-refractivity contribution in [3.8, 4) is 0 Å². The Hall–Kier alpha value is -1.09. The second-order valence-corrected chi connectivity index (χ2v) is 8.03. The fourth-order valence-electron chi connectivity index (χ4n) is 0.993. The van der Waals surface area contributed by atoms with E-state index < -0.39 is 23.6 Å². The lowest BCUT2D eigenvalue weighted by molar-refractivity contribution is -0.121. The highest BCUT2D eigenvalue weighted by Crippen LogP contribution is 2.24. The average molecular weight is 337 g/mol. The third kappa shape index (κ3) is 10.3. The number of amides is 3. The van der Waals surface area contributed by atoms with Gasteiger partial charge in [0.25, 0.3) is 0 Å². The molecule has 0 aromatic carbocycles. The SMILES string of the molecule is C[C@@H](CSSC[C@H](NC(=O)OC(C)(C)C)C(N)=O)C(N)=O. The van der Waals surface area contributed by atoms with Gasteiger partial charge in [0.15, 0.2) is 0 Å². The quantitative estimate of drug-likeness (QED) is 0.446. The molecule has 0 aromatic rings. The van der Waals surface area contributed by atoms with Gasteiger partial charge in [-0.1, -0.05) is 28.5 Å². The number of nitrogens with two attached hydrogens (primary N) is 2. The molecule has 0 spiro atoms. The fraction of sp³-hybridized carbons (Fsp3) is 0.750. The van der Waals surface area contributed by atoms with Crippen molar-refractivity contribution in [2.75, 3.05) is 11.5 Å². The summed E-state index contributed by atoms with van der Waals surface area (Å²) in [6.45, 7) is 6.89. The number of hydrogen-bond acceptors (Lipinski definition) is 6. The van der Waals surface area contributed by atoms with Gasteiger partial charge in [0.1, 0.15) is 11.6 Å². The summed E-state index contributed by atoms with van der Waals surface area (Å²) in [5, 5.41) is 2.42. The molecule has 0 aromatic heterocycles. The van der Waals surface area contributed by atoms with E-state index in [-0.39, 0.29) is 17.6 Å². The van der Waals surface area contributed by atoms with Crippen LogP contribution in [0.2, 0.25) is 0 Å². The second kappa shape index (κ2) is 9.04. The molecule has 0 heterocycles. The van der Waals surface area contributed by atoms with Gasteiger partial charge < -0.3 is 21.5 Å². The number of hydrogen-bond donors (Lipinski definition) is 3. The Balaban J connectivity index is 4.18. The molecule has 3 amide bonds. The molecule has 0 aliphatic rings. The van der Waals surface area contributed by atoms with Crippen LogP contribution in [0, 0.1) is 5.92 Å². The number of rotatable bonds is 8. The summed E-state index contributed by atoms with van der Waals surface area (Å²) < 4.78 is 5.06. The third-order valence-corrected chi connectivity index (χ3v) is 4.74. The Morgan fingerprint density at radius 1 is 1.10 bits per heavy atom. The second-order valence-electron chi connectivity index (χ2n) is 5.47. The number of carbonyl (C=O) groups excluding carboxylic acids is 3. The summed E-state index contributed by atoms with van der Waals surface area (Å²) in [6.07, 6.45) is -0.692. The van der Waals surface area contributed by atoms with Crippen LogP contribution in [-0.4, -0.2) is 41.1 Å². The van der Waals surface area contributed by atoms with Crippen molar-refractivity contribution in [1.82, 2.24) is 5.32 Å². The maximum absolute atomic E-state index is 11.6. The molecular weight excluding hydrogens is 314 g/mol. The van der Waals surface area contributed by atoms with Crippen molar-refractivity contribution in [3.63, 3.8) is 0 Å². The minimum absolute atomic E-state index is 0.256. The highest BCUT2D eigenvalue weighted by Gasteiger charge is 2.23. The number of primary amides is 2. The number of nitrogens with one attached hydrogen (secondary N) is 1. The van der Waals surface area contributed by atoms with Crippen LogP contribution < -0.4 is 16.8 Å². The van der Waals surface area contributed by atoms with E-state index in [1.165, 1.54) is 21.6 Å². The Bertz CT molecular complexity index is 385. The monoisotopic (exact) mass is 337 g/mol. The van der Waals surface area contributed by atoms with Crippen molar-refractivity contribution in [2.45, 2.75) is 39.3 Å². The third-order valence-electron chi connectivity index (χ3n) is 2.16. The highest BCUT2D eigenvalue weighted by atomic mass is 33.1. The molecule has 0 saturated carbocycles. The number of ether oxygens (including phenoxy) is 1. The van der Waals surface area contributed by atoms with E-state index in [2.05, 4.69) is 5.32 Å². The van der Waals surface area contributed by atoms with Crippen LogP contribution >= 0.6 is 21.6 Å². The molecule has 122 valence electrons. The predicted octanol–water partition coefficient (Wildman–Crippen LogP) is 0.868. The van der Waals surface area contributed by atoms with Gasteiger partial charge in [-0.2, -0.15) is 0 Å². The topological polar surface area (TPSA) is 125 Å². The molecular formula is C12H23N3O4S2. The molecule has 21 heavy (non-hydrogen) atoms. The Labute approximate surface area is 132 Å². The van der Waals surface area contributed by atoms with Crippen LogP contribution in [0.25, 0.3) is 0 Å². The zero-order chi connectivity index (χ0) is 16.6. The van der Waals surface area contributed by atoms with E-state index in [1.54, 1.807) is 27.7 Å². The van der Waals surface area contributed by atoms with E-state index >= 15 is 0 Å². The van der Waals surface area contributed by atoms with Gasteiger partial charge in [-0.15, -0.1) is 0 Å². The maximum atomic E-state index is 11.6. The van der Waals surface area contributed by atoms with E-state index in [1.807, 2.05) is 0 Å². The molecule has 0 rings (SSSR count). The first kappa shape index (κ1) is 19.9. The molecule has 0 aliphatic carbocycles.